The molecule has 4 heteroatoms. The van der Waals surface area contributed by atoms with E-state index in [1.807, 2.05) is 31.2 Å². The molecule has 0 unspecified atom stereocenters. The fraction of sp³-hybridized carbons (Fsp3) is 0.611. The van der Waals surface area contributed by atoms with E-state index in [4.69, 9.17) is 4.74 Å². The van der Waals surface area contributed by atoms with Crippen LogP contribution < -0.4 is 5.32 Å². The van der Waals surface area contributed by atoms with Gasteiger partial charge in [0.2, 0.25) is 0 Å². The quantitative estimate of drug-likeness (QED) is 0.890. The van der Waals surface area contributed by atoms with Gasteiger partial charge in [0, 0.05) is 29.6 Å². The predicted molar refractivity (Wildman–Crippen MR) is 90.2 cm³/mol. The van der Waals surface area contributed by atoms with E-state index in [2.05, 4.69) is 45.0 Å². The number of rotatable bonds is 2. The zero-order valence-corrected chi connectivity index (χ0v) is 14.6. The number of aryl methyl sites for hydroxylation is 1. The number of carbonyl (C=O) groups is 1. The Bertz CT molecular complexity index is 534. The molecule has 1 aromatic carbocycles. The molecule has 1 aromatic rings. The zero-order valence-electron chi connectivity index (χ0n) is 14.6. The van der Waals surface area contributed by atoms with E-state index in [1.165, 1.54) is 0 Å². The molecule has 1 saturated heterocycles. The molecule has 0 radical (unpaired) electrons. The monoisotopic (exact) mass is 304 g/mol. The van der Waals surface area contributed by atoms with E-state index < -0.39 is 0 Å². The van der Waals surface area contributed by atoms with Crippen LogP contribution in [0.3, 0.4) is 0 Å². The summed E-state index contributed by atoms with van der Waals surface area (Å²) < 4.78 is 5.68. The van der Waals surface area contributed by atoms with Crippen molar-refractivity contribution in [2.75, 3.05) is 12.4 Å². The van der Waals surface area contributed by atoms with E-state index in [9.17, 15) is 4.79 Å². The molecular weight excluding hydrogens is 276 g/mol. The van der Waals surface area contributed by atoms with Crippen LogP contribution in [0.15, 0.2) is 24.3 Å². The van der Waals surface area contributed by atoms with Crippen molar-refractivity contribution in [1.29, 1.82) is 0 Å². The van der Waals surface area contributed by atoms with Crippen molar-refractivity contribution >= 4 is 11.8 Å². The highest BCUT2D eigenvalue weighted by Gasteiger charge is 2.44. The molecule has 0 aliphatic carbocycles. The number of hydrogen-bond donors (Lipinski definition) is 1. The molecule has 4 nitrogen and oxygen atoms in total. The number of hydrogen-bond acceptors (Lipinski definition) is 3. The van der Waals surface area contributed by atoms with Gasteiger partial charge in [-0.15, -0.1) is 0 Å². The van der Waals surface area contributed by atoms with Gasteiger partial charge in [-0.05, 0) is 59.4 Å². The maximum absolute atomic E-state index is 12.1. The van der Waals surface area contributed by atoms with Gasteiger partial charge >= 0.3 is 6.09 Å². The Kier molecular flexibility index (Phi) is 4.52. The summed E-state index contributed by atoms with van der Waals surface area (Å²) in [5, 5.41) is 2.82. The van der Waals surface area contributed by atoms with Crippen LogP contribution in [-0.2, 0) is 4.74 Å². The Labute approximate surface area is 133 Å². The first-order valence-corrected chi connectivity index (χ1v) is 7.88. The molecule has 22 heavy (non-hydrogen) atoms. The summed E-state index contributed by atoms with van der Waals surface area (Å²) in [7, 11) is 2.14. The van der Waals surface area contributed by atoms with Crippen LogP contribution >= 0.6 is 0 Å². The Morgan fingerprint density at radius 2 is 1.82 bits per heavy atom. The number of benzene rings is 1. The lowest BCUT2D eigenvalue weighted by Gasteiger charge is -2.53. The van der Waals surface area contributed by atoms with Gasteiger partial charge in [-0.2, -0.15) is 0 Å². The van der Waals surface area contributed by atoms with Gasteiger partial charge in [0.05, 0.1) is 0 Å². The molecule has 1 aliphatic heterocycles. The number of likely N-dealkylation sites (tertiary alicyclic amines) is 1. The van der Waals surface area contributed by atoms with Gasteiger partial charge < -0.3 is 4.74 Å². The van der Waals surface area contributed by atoms with Crippen LogP contribution in [0.2, 0.25) is 0 Å². The summed E-state index contributed by atoms with van der Waals surface area (Å²) in [4.78, 5) is 14.5. The van der Waals surface area contributed by atoms with Gasteiger partial charge in [-0.25, -0.2) is 4.79 Å². The lowest BCUT2D eigenvalue weighted by atomic mass is 9.79. The SMILES string of the molecule is Cc1cccc(NC(=O)OC2CC(C)(C)N(C)C(C)(C)C2)c1. The number of piperidine rings is 1. The largest absolute Gasteiger partial charge is 0.446 e. The summed E-state index contributed by atoms with van der Waals surface area (Å²) in [6, 6.07) is 7.73. The molecular formula is C18H28N2O2. The molecule has 0 saturated carbocycles. The summed E-state index contributed by atoms with van der Waals surface area (Å²) in [5.74, 6) is 0. The van der Waals surface area contributed by atoms with E-state index >= 15 is 0 Å². The molecule has 0 aromatic heterocycles. The molecule has 1 fully saturated rings. The van der Waals surface area contributed by atoms with E-state index in [1.54, 1.807) is 0 Å². The van der Waals surface area contributed by atoms with Crippen LogP contribution in [0.1, 0.15) is 46.1 Å². The highest BCUT2D eigenvalue weighted by Crippen LogP contribution is 2.38. The van der Waals surface area contributed by atoms with Crippen molar-refractivity contribution < 1.29 is 9.53 Å². The highest BCUT2D eigenvalue weighted by atomic mass is 16.6. The van der Waals surface area contributed by atoms with Gasteiger partial charge in [0.15, 0.2) is 0 Å². The summed E-state index contributed by atoms with van der Waals surface area (Å²) >= 11 is 0. The Morgan fingerprint density at radius 3 is 2.36 bits per heavy atom. The second kappa shape index (κ2) is 5.92. The minimum Gasteiger partial charge on any atom is -0.446 e. The molecule has 1 amide bonds. The number of nitrogens with zero attached hydrogens (tertiary/aromatic N) is 1. The number of carbonyl (C=O) groups excluding carboxylic acids is 1. The molecule has 1 heterocycles. The van der Waals surface area contributed by atoms with Crippen molar-refractivity contribution in [3.8, 4) is 0 Å². The summed E-state index contributed by atoms with van der Waals surface area (Å²) in [6.45, 7) is 10.8. The van der Waals surface area contributed by atoms with Gasteiger partial charge in [0.25, 0.3) is 0 Å². The normalized spacial score (nSPS) is 21.4. The molecule has 2 rings (SSSR count). The summed E-state index contributed by atoms with van der Waals surface area (Å²) in [6.07, 6.45) is 1.25. The maximum atomic E-state index is 12.1. The second-order valence-electron chi connectivity index (χ2n) is 7.61. The standard InChI is InChI=1S/C18H28N2O2/c1-13-8-7-9-14(10-13)19-16(21)22-15-11-17(2,3)20(6)18(4,5)12-15/h7-10,15H,11-12H2,1-6H3,(H,19,21). The van der Waals surface area contributed by atoms with Crippen molar-refractivity contribution in [2.45, 2.75) is 64.6 Å². The third kappa shape index (κ3) is 3.80. The number of nitrogens with one attached hydrogen (secondary N) is 1. The maximum Gasteiger partial charge on any atom is 0.411 e. The van der Waals surface area contributed by atoms with Crippen molar-refractivity contribution in [3.63, 3.8) is 0 Å². The minimum absolute atomic E-state index is 0.00995. The Morgan fingerprint density at radius 1 is 1.23 bits per heavy atom. The summed E-state index contributed by atoms with van der Waals surface area (Å²) in [5.41, 5.74) is 1.90. The van der Waals surface area contributed by atoms with Gasteiger partial charge in [-0.3, -0.25) is 10.2 Å². The third-order valence-electron chi connectivity index (χ3n) is 4.81. The van der Waals surface area contributed by atoms with Gasteiger partial charge in [0.1, 0.15) is 6.10 Å². The van der Waals surface area contributed by atoms with Crippen LogP contribution in [0.5, 0.6) is 0 Å². The van der Waals surface area contributed by atoms with Crippen LogP contribution in [0.25, 0.3) is 0 Å². The lowest BCUT2D eigenvalue weighted by Crippen LogP contribution is -2.60. The van der Waals surface area contributed by atoms with Crippen LogP contribution in [0.4, 0.5) is 10.5 Å². The molecule has 1 aliphatic rings. The van der Waals surface area contributed by atoms with E-state index in [0.717, 1.165) is 24.1 Å². The molecule has 0 bridgehead atoms. The first-order valence-electron chi connectivity index (χ1n) is 7.88. The van der Waals surface area contributed by atoms with Crippen molar-refractivity contribution in [1.82, 2.24) is 4.90 Å². The van der Waals surface area contributed by atoms with Crippen molar-refractivity contribution in [2.24, 2.45) is 0 Å². The van der Waals surface area contributed by atoms with Crippen LogP contribution in [-0.4, -0.2) is 35.2 Å². The van der Waals surface area contributed by atoms with E-state index in [-0.39, 0.29) is 23.3 Å². The number of amides is 1. The fourth-order valence-corrected chi connectivity index (χ4v) is 3.38. The number of anilines is 1. The average molecular weight is 304 g/mol. The zero-order chi connectivity index (χ0) is 16.5. The average Bonchev–Trinajstić information content (AvgIpc) is 2.34. The second-order valence-corrected chi connectivity index (χ2v) is 7.61. The molecule has 1 N–H and O–H groups in total. The lowest BCUT2D eigenvalue weighted by molar-refractivity contribution is -0.0659. The molecule has 122 valence electrons. The smallest absolute Gasteiger partial charge is 0.411 e. The van der Waals surface area contributed by atoms with Gasteiger partial charge in [-0.1, -0.05) is 12.1 Å². The third-order valence-corrected chi connectivity index (χ3v) is 4.81. The molecule has 0 atom stereocenters. The Hall–Kier alpha value is -1.55. The first-order chi connectivity index (χ1) is 10.1. The first kappa shape index (κ1) is 16.8. The van der Waals surface area contributed by atoms with Crippen LogP contribution in [0, 0.1) is 6.92 Å². The predicted octanol–water partition coefficient (Wildman–Crippen LogP) is 4.19. The van der Waals surface area contributed by atoms with E-state index in [0.29, 0.717) is 0 Å². The minimum atomic E-state index is -0.369. The molecule has 0 spiro atoms. The Balaban J connectivity index is 2.00. The topological polar surface area (TPSA) is 41.6 Å². The van der Waals surface area contributed by atoms with Crippen molar-refractivity contribution in [3.05, 3.63) is 29.8 Å². The fourth-order valence-electron chi connectivity index (χ4n) is 3.38. The highest BCUT2D eigenvalue weighted by molar-refractivity contribution is 5.84. The number of ether oxygens (including phenoxy) is 1.